The van der Waals surface area contributed by atoms with Crippen LogP contribution in [0.4, 0.5) is 10.6 Å². The van der Waals surface area contributed by atoms with E-state index in [1.807, 2.05) is 25.5 Å². The molecule has 1 unspecified atom stereocenters. The molecular formula is C35H51IN6O4Si. The van der Waals surface area contributed by atoms with Crippen molar-refractivity contribution >= 4 is 54.0 Å². The molecule has 1 aromatic carbocycles. The molecule has 0 bridgehead atoms. The lowest BCUT2D eigenvalue weighted by Crippen LogP contribution is -2.48. The molecule has 0 radical (unpaired) electrons. The first-order chi connectivity index (χ1) is 22.1. The molecule has 0 saturated carbocycles. The summed E-state index contributed by atoms with van der Waals surface area (Å²) in [5.41, 5.74) is 4.26. The fourth-order valence-corrected chi connectivity index (χ4v) is 8.47. The molecule has 1 spiro atoms. The van der Waals surface area contributed by atoms with Gasteiger partial charge in [0.1, 0.15) is 16.8 Å². The van der Waals surface area contributed by atoms with E-state index in [-0.39, 0.29) is 28.8 Å². The van der Waals surface area contributed by atoms with Gasteiger partial charge >= 0.3 is 6.09 Å². The number of piperidine rings is 1. The molecular weight excluding hydrogens is 723 g/mol. The van der Waals surface area contributed by atoms with Crippen molar-refractivity contribution in [3.63, 3.8) is 0 Å². The number of nitrogens with one attached hydrogen (secondary N) is 1. The number of ether oxygens (including phenoxy) is 2. The van der Waals surface area contributed by atoms with Gasteiger partial charge in [-0.15, -0.1) is 0 Å². The summed E-state index contributed by atoms with van der Waals surface area (Å²) < 4.78 is 21.4. The Morgan fingerprint density at radius 3 is 2.49 bits per heavy atom. The summed E-state index contributed by atoms with van der Waals surface area (Å²) in [5.74, 6) is 0.867. The van der Waals surface area contributed by atoms with Crippen molar-refractivity contribution in [1.82, 2.24) is 25.1 Å². The van der Waals surface area contributed by atoms with E-state index in [9.17, 15) is 4.79 Å². The van der Waals surface area contributed by atoms with E-state index in [0.29, 0.717) is 6.61 Å². The van der Waals surface area contributed by atoms with Gasteiger partial charge in [-0.2, -0.15) is 5.10 Å². The highest BCUT2D eigenvalue weighted by Gasteiger charge is 2.49. The first kappa shape index (κ1) is 34.6. The number of halogens is 1. The van der Waals surface area contributed by atoms with Crippen molar-refractivity contribution in [2.45, 2.75) is 123 Å². The van der Waals surface area contributed by atoms with E-state index in [1.54, 1.807) is 0 Å². The highest BCUT2D eigenvalue weighted by atomic mass is 127. The summed E-state index contributed by atoms with van der Waals surface area (Å²) in [4.78, 5) is 26.1. The fraction of sp³-hybridized carbons (Fsp3) is 0.657. The second kappa shape index (κ2) is 12.9. The first-order valence-corrected chi connectivity index (χ1v) is 21.1. The number of amides is 1. The van der Waals surface area contributed by atoms with Crippen molar-refractivity contribution in [1.29, 1.82) is 0 Å². The van der Waals surface area contributed by atoms with E-state index in [1.165, 1.54) is 11.1 Å². The predicted octanol–water partition coefficient (Wildman–Crippen LogP) is 8.06. The van der Waals surface area contributed by atoms with E-state index >= 15 is 0 Å². The summed E-state index contributed by atoms with van der Waals surface area (Å²) >= 11 is 2.28. The SMILES string of the molecule is CC(C)(C)OC(=O)N[C@@H]1c2ccccc2CC12CCN(c1nc3c(nc1CO[Si](C)(C)C(C)(C)C)c(I)nn3C1CCCCO1)CC2. The molecule has 10 nitrogen and oxygen atoms in total. The van der Waals surface area contributed by atoms with Gasteiger partial charge in [0.25, 0.3) is 0 Å². The molecule has 6 rings (SSSR count). The van der Waals surface area contributed by atoms with Crippen LogP contribution >= 0.6 is 22.6 Å². The zero-order valence-corrected chi connectivity index (χ0v) is 32.4. The van der Waals surface area contributed by atoms with Crippen molar-refractivity contribution in [2.75, 3.05) is 24.6 Å². The van der Waals surface area contributed by atoms with E-state index in [0.717, 1.165) is 84.6 Å². The van der Waals surface area contributed by atoms with E-state index in [4.69, 9.17) is 29.0 Å². The second-order valence-corrected chi connectivity index (χ2v) is 21.9. The number of hydrogen-bond acceptors (Lipinski definition) is 8. The number of aromatic nitrogens is 4. The standard InChI is InChI=1S/C35H51IN6O4Si/c1-33(2,3)46-32(43)38-28-24-14-10-9-13-23(24)21-35(28)16-18-41(19-17-35)30-25(22-45-47(7,8)34(4,5)6)37-27-29(36)40-42(31(27)39-30)26-15-11-12-20-44-26/h9-10,13-14,26,28H,11-12,15-22H2,1-8H3,(H,38,43)/t26?,28-/m1/s1. The summed E-state index contributed by atoms with van der Waals surface area (Å²) in [5, 5.41) is 8.25. The maximum atomic E-state index is 13.1. The Morgan fingerprint density at radius 1 is 1.11 bits per heavy atom. The molecule has 2 atom stereocenters. The maximum Gasteiger partial charge on any atom is 0.408 e. The highest BCUT2D eigenvalue weighted by molar-refractivity contribution is 14.1. The van der Waals surface area contributed by atoms with Gasteiger partial charge in [0, 0.05) is 25.1 Å². The fourth-order valence-electron chi connectivity index (χ4n) is 6.95. The third-order valence-electron chi connectivity index (χ3n) is 10.6. The Morgan fingerprint density at radius 2 is 1.83 bits per heavy atom. The van der Waals surface area contributed by atoms with E-state index in [2.05, 4.69) is 90.9 Å². The average molecular weight is 775 g/mol. The number of hydrogen-bond donors (Lipinski definition) is 1. The lowest BCUT2D eigenvalue weighted by atomic mass is 9.72. The van der Waals surface area contributed by atoms with E-state index < -0.39 is 13.9 Å². The lowest BCUT2D eigenvalue weighted by Gasteiger charge is -2.44. The molecule has 2 fully saturated rings. The molecule has 3 aliphatic rings. The van der Waals surface area contributed by atoms with Crippen molar-refractivity contribution in [2.24, 2.45) is 5.41 Å². The monoisotopic (exact) mass is 774 g/mol. The lowest BCUT2D eigenvalue weighted by molar-refractivity contribution is -0.0372. The van der Waals surface area contributed by atoms with Crippen molar-refractivity contribution in [3.05, 3.63) is 44.8 Å². The maximum absolute atomic E-state index is 13.1. The minimum Gasteiger partial charge on any atom is -0.444 e. The topological polar surface area (TPSA) is 104 Å². The Balaban J connectivity index is 1.32. The third kappa shape index (κ3) is 7.07. The summed E-state index contributed by atoms with van der Waals surface area (Å²) in [6, 6.07) is 8.40. The summed E-state index contributed by atoms with van der Waals surface area (Å²) in [6.45, 7) is 19.8. The molecule has 2 aliphatic heterocycles. The van der Waals surface area contributed by atoms with Crippen LogP contribution in [0.25, 0.3) is 11.2 Å². The molecule has 4 heterocycles. The van der Waals surface area contributed by atoms with Crippen LogP contribution in [0.2, 0.25) is 18.1 Å². The first-order valence-electron chi connectivity index (χ1n) is 17.1. The minimum absolute atomic E-state index is 0.0768. The highest BCUT2D eigenvalue weighted by Crippen LogP contribution is 2.52. The van der Waals surface area contributed by atoms with Crippen LogP contribution in [0.15, 0.2) is 24.3 Å². The minimum atomic E-state index is -2.05. The van der Waals surface area contributed by atoms with Gasteiger partial charge in [-0.25, -0.2) is 19.4 Å². The van der Waals surface area contributed by atoms with Gasteiger partial charge in [-0.05, 0) is 111 Å². The second-order valence-electron chi connectivity index (χ2n) is 16.1. The average Bonchev–Trinajstić information content (AvgIpc) is 3.48. The normalized spacial score (nSPS) is 21.7. The number of fused-ring (bicyclic) bond motifs is 2. The molecule has 1 aliphatic carbocycles. The predicted molar refractivity (Wildman–Crippen MR) is 195 cm³/mol. The number of rotatable bonds is 6. The Hall–Kier alpha value is -2.29. The number of nitrogens with zero attached hydrogens (tertiary/aromatic N) is 5. The third-order valence-corrected chi connectivity index (χ3v) is 15.8. The Labute approximate surface area is 294 Å². The number of alkyl carbamates (subject to hydrolysis) is 1. The zero-order valence-electron chi connectivity index (χ0n) is 29.3. The zero-order chi connectivity index (χ0) is 33.8. The molecule has 2 aromatic heterocycles. The smallest absolute Gasteiger partial charge is 0.408 e. The van der Waals surface area contributed by atoms with Gasteiger partial charge in [0.05, 0.1) is 12.6 Å². The molecule has 1 amide bonds. The van der Waals surface area contributed by atoms with Gasteiger partial charge in [0.15, 0.2) is 29.7 Å². The van der Waals surface area contributed by atoms with Gasteiger partial charge < -0.3 is 24.1 Å². The van der Waals surface area contributed by atoms with Crippen molar-refractivity contribution < 1.29 is 18.7 Å². The molecule has 3 aromatic rings. The number of carbonyl (C=O) groups is 1. The number of anilines is 1. The molecule has 256 valence electrons. The number of carbonyl (C=O) groups excluding carboxylic acids is 1. The largest absolute Gasteiger partial charge is 0.444 e. The van der Waals surface area contributed by atoms with Crippen LogP contribution in [0.5, 0.6) is 0 Å². The van der Waals surface area contributed by atoms with Crippen LogP contribution in [0, 0.1) is 9.12 Å². The van der Waals surface area contributed by atoms with Crippen LogP contribution in [-0.2, 0) is 26.9 Å². The Bertz CT molecular complexity index is 1620. The van der Waals surface area contributed by atoms with Crippen molar-refractivity contribution in [3.8, 4) is 0 Å². The molecule has 47 heavy (non-hydrogen) atoms. The van der Waals surface area contributed by atoms with Gasteiger partial charge in [-0.3, -0.25) is 0 Å². The molecule has 12 heteroatoms. The van der Waals surface area contributed by atoms with Crippen LogP contribution in [0.1, 0.15) is 103 Å². The van der Waals surface area contributed by atoms with Gasteiger partial charge in [-0.1, -0.05) is 45.0 Å². The number of benzene rings is 1. The van der Waals surface area contributed by atoms with Gasteiger partial charge in [0.2, 0.25) is 0 Å². The summed E-state index contributed by atoms with van der Waals surface area (Å²) in [6.07, 6.45) is 5.31. The van der Waals surface area contributed by atoms with Crippen LogP contribution in [0.3, 0.4) is 0 Å². The molecule has 2 saturated heterocycles. The summed E-state index contributed by atoms with van der Waals surface area (Å²) in [7, 11) is -2.05. The van der Waals surface area contributed by atoms with Crippen LogP contribution in [-0.4, -0.2) is 59.5 Å². The quantitative estimate of drug-likeness (QED) is 0.198. The Kier molecular flexibility index (Phi) is 9.46. The van der Waals surface area contributed by atoms with Crippen LogP contribution < -0.4 is 10.2 Å². The molecule has 1 N–H and O–H groups in total.